The van der Waals surface area contributed by atoms with Gasteiger partial charge in [0.1, 0.15) is 0 Å². The van der Waals surface area contributed by atoms with Gasteiger partial charge in [0.05, 0.1) is 12.0 Å². The molecule has 0 radical (unpaired) electrons. The van der Waals surface area contributed by atoms with Gasteiger partial charge in [0, 0.05) is 13.2 Å². The largest absolute Gasteiger partial charge is 0.381 e. The molecule has 2 aliphatic rings. The number of ether oxygens (including phenoxy) is 2. The van der Waals surface area contributed by atoms with Crippen LogP contribution in [0.2, 0.25) is 0 Å². The Kier molecular flexibility index (Phi) is 2.63. The summed E-state index contributed by atoms with van der Waals surface area (Å²) in [5.41, 5.74) is 0.621. The van der Waals surface area contributed by atoms with Crippen LogP contribution in [0.4, 0.5) is 0 Å². The minimum Gasteiger partial charge on any atom is -0.381 e. The molecule has 0 aromatic heterocycles. The van der Waals surface area contributed by atoms with Gasteiger partial charge in [0.25, 0.3) is 0 Å². The predicted octanol–water partition coefficient (Wildman–Crippen LogP) is 1.85. The third kappa shape index (κ3) is 1.78. The van der Waals surface area contributed by atoms with Gasteiger partial charge < -0.3 is 9.47 Å². The molecule has 2 nitrogen and oxygen atoms in total. The molecular weight excluding hydrogens is 172 g/mol. The zero-order chi connectivity index (χ0) is 8.44. The fourth-order valence-corrected chi connectivity index (χ4v) is 2.26. The van der Waals surface area contributed by atoms with E-state index in [4.69, 9.17) is 9.47 Å². The van der Waals surface area contributed by atoms with Gasteiger partial charge in [-0.3, -0.25) is 0 Å². The van der Waals surface area contributed by atoms with E-state index in [9.17, 15) is 0 Å². The average Bonchev–Trinajstić information content (AvgIpc) is 2.13. The van der Waals surface area contributed by atoms with Gasteiger partial charge in [-0.25, -0.2) is 0 Å². The molecular formula is C9H16O2S. The number of hydrogen-bond acceptors (Lipinski definition) is 3. The third-order valence-corrected chi connectivity index (χ3v) is 3.46. The molecule has 1 atom stereocenters. The fraction of sp³-hybridized carbons (Fsp3) is 1.00. The molecule has 2 aliphatic heterocycles. The molecule has 70 valence electrons. The Morgan fingerprint density at radius 2 is 1.92 bits per heavy atom. The first-order chi connectivity index (χ1) is 5.81. The summed E-state index contributed by atoms with van der Waals surface area (Å²) in [5, 5.41) is 0. The lowest BCUT2D eigenvalue weighted by atomic mass is 9.76. The number of thiol groups is 1. The highest BCUT2D eigenvalue weighted by molar-refractivity contribution is 7.80. The van der Waals surface area contributed by atoms with Gasteiger partial charge in [0.15, 0.2) is 0 Å². The van der Waals surface area contributed by atoms with Crippen LogP contribution in [0, 0.1) is 5.41 Å². The van der Waals surface area contributed by atoms with E-state index in [2.05, 4.69) is 12.6 Å². The topological polar surface area (TPSA) is 18.5 Å². The highest BCUT2D eigenvalue weighted by atomic mass is 32.1. The van der Waals surface area contributed by atoms with E-state index in [1.54, 1.807) is 0 Å². The van der Waals surface area contributed by atoms with Crippen molar-refractivity contribution in [2.24, 2.45) is 5.41 Å². The summed E-state index contributed by atoms with van der Waals surface area (Å²) < 4.78 is 10.9. The van der Waals surface area contributed by atoms with Crippen LogP contribution in [0.1, 0.15) is 25.7 Å². The van der Waals surface area contributed by atoms with Crippen molar-refractivity contribution >= 4 is 12.6 Å². The van der Waals surface area contributed by atoms with Crippen molar-refractivity contribution in [3.8, 4) is 0 Å². The molecule has 1 spiro atoms. The SMILES string of the molecule is S[C@@H]1CCC2(CCOCC2)CO1. The molecule has 0 unspecified atom stereocenters. The van der Waals surface area contributed by atoms with Crippen molar-refractivity contribution in [2.45, 2.75) is 31.1 Å². The molecule has 12 heavy (non-hydrogen) atoms. The van der Waals surface area contributed by atoms with Crippen molar-refractivity contribution in [1.29, 1.82) is 0 Å². The Labute approximate surface area is 79.0 Å². The van der Waals surface area contributed by atoms with Crippen molar-refractivity contribution in [1.82, 2.24) is 0 Å². The predicted molar refractivity (Wildman–Crippen MR) is 50.4 cm³/mol. The standard InChI is InChI=1S/C9H16O2S/c12-8-1-2-9(7-11-8)3-5-10-6-4-9/h8,12H,1-7H2/t8-/m1/s1. The molecule has 3 heteroatoms. The number of rotatable bonds is 0. The Bertz CT molecular complexity index is 145. The van der Waals surface area contributed by atoms with Gasteiger partial charge in [-0.1, -0.05) is 0 Å². The van der Waals surface area contributed by atoms with Gasteiger partial charge in [-0.05, 0) is 31.1 Å². The molecule has 0 aliphatic carbocycles. The maximum atomic E-state index is 5.58. The Balaban J connectivity index is 1.92. The molecule has 0 amide bonds. The molecule has 2 fully saturated rings. The van der Waals surface area contributed by atoms with E-state index in [0.29, 0.717) is 5.41 Å². The highest BCUT2D eigenvalue weighted by Crippen LogP contribution is 2.40. The van der Waals surface area contributed by atoms with Crippen molar-refractivity contribution in [3.63, 3.8) is 0 Å². The highest BCUT2D eigenvalue weighted by Gasteiger charge is 2.36. The number of hydrogen-bond donors (Lipinski definition) is 1. The summed E-state index contributed by atoms with van der Waals surface area (Å²) in [5.74, 6) is 0. The maximum Gasteiger partial charge on any atom is 0.1000 e. The molecule has 0 saturated carbocycles. The molecule has 0 aromatic carbocycles. The first kappa shape index (κ1) is 8.85. The first-order valence-corrected chi connectivity index (χ1v) is 5.20. The Hall–Kier alpha value is 0.270. The van der Waals surface area contributed by atoms with E-state index in [0.717, 1.165) is 26.2 Å². The molecule has 2 heterocycles. The van der Waals surface area contributed by atoms with Gasteiger partial charge >= 0.3 is 0 Å². The summed E-state index contributed by atoms with van der Waals surface area (Å²) in [6.45, 7) is 2.73. The summed E-state index contributed by atoms with van der Waals surface area (Å²) in [4.78, 5) is 0. The van der Waals surface area contributed by atoms with Crippen LogP contribution in [0.25, 0.3) is 0 Å². The molecule has 0 bridgehead atoms. The molecule has 0 N–H and O–H groups in total. The lowest BCUT2D eigenvalue weighted by molar-refractivity contribution is -0.0805. The average molecular weight is 188 g/mol. The van der Waals surface area contributed by atoms with E-state index in [-0.39, 0.29) is 5.44 Å². The van der Waals surface area contributed by atoms with Crippen LogP contribution in [-0.2, 0) is 9.47 Å². The Morgan fingerprint density at radius 1 is 1.17 bits per heavy atom. The third-order valence-electron chi connectivity index (χ3n) is 3.06. The van der Waals surface area contributed by atoms with Crippen LogP contribution in [-0.4, -0.2) is 25.3 Å². The summed E-state index contributed by atoms with van der Waals surface area (Å²) in [7, 11) is 0. The van der Waals surface area contributed by atoms with Crippen molar-refractivity contribution < 1.29 is 9.47 Å². The monoisotopic (exact) mass is 188 g/mol. The van der Waals surface area contributed by atoms with Crippen LogP contribution in [0.3, 0.4) is 0 Å². The second-order valence-corrected chi connectivity index (χ2v) is 4.49. The zero-order valence-electron chi connectivity index (χ0n) is 7.29. The van der Waals surface area contributed by atoms with E-state index >= 15 is 0 Å². The zero-order valence-corrected chi connectivity index (χ0v) is 8.19. The fourth-order valence-electron chi connectivity index (χ4n) is 2.06. The molecule has 2 rings (SSSR count). The van der Waals surface area contributed by atoms with Crippen LogP contribution >= 0.6 is 12.6 Å². The summed E-state index contributed by atoms with van der Waals surface area (Å²) in [6, 6.07) is 0. The quantitative estimate of drug-likeness (QED) is 0.585. The van der Waals surface area contributed by atoms with Crippen LogP contribution in [0.5, 0.6) is 0 Å². The van der Waals surface area contributed by atoms with E-state index in [1.165, 1.54) is 19.3 Å². The first-order valence-electron chi connectivity index (χ1n) is 4.68. The lowest BCUT2D eigenvalue weighted by Crippen LogP contribution is -2.39. The minimum absolute atomic E-state index is 0.179. The smallest absolute Gasteiger partial charge is 0.1000 e. The summed E-state index contributed by atoms with van der Waals surface area (Å²) in [6.07, 6.45) is 4.72. The Morgan fingerprint density at radius 3 is 2.50 bits per heavy atom. The molecule has 2 saturated heterocycles. The van der Waals surface area contributed by atoms with Crippen LogP contribution in [0.15, 0.2) is 0 Å². The van der Waals surface area contributed by atoms with E-state index < -0.39 is 0 Å². The van der Waals surface area contributed by atoms with Gasteiger partial charge in [-0.2, -0.15) is 0 Å². The van der Waals surface area contributed by atoms with Gasteiger partial charge in [-0.15, -0.1) is 12.6 Å². The second kappa shape index (κ2) is 3.56. The molecule has 0 aromatic rings. The minimum atomic E-state index is 0.179. The lowest BCUT2D eigenvalue weighted by Gasteiger charge is -2.41. The van der Waals surface area contributed by atoms with Crippen molar-refractivity contribution in [3.05, 3.63) is 0 Å². The van der Waals surface area contributed by atoms with Crippen LogP contribution < -0.4 is 0 Å². The maximum absolute atomic E-state index is 5.58. The summed E-state index contributed by atoms with van der Waals surface area (Å²) >= 11 is 4.31. The second-order valence-electron chi connectivity index (χ2n) is 3.92. The normalized spacial score (nSPS) is 35.2. The van der Waals surface area contributed by atoms with Crippen molar-refractivity contribution in [2.75, 3.05) is 19.8 Å². The van der Waals surface area contributed by atoms with E-state index in [1.807, 2.05) is 0 Å². The van der Waals surface area contributed by atoms with Gasteiger partial charge in [0.2, 0.25) is 0 Å².